The first kappa shape index (κ1) is 16.2. The summed E-state index contributed by atoms with van der Waals surface area (Å²) >= 11 is 0. The minimum Gasteiger partial charge on any atom is -0.223 e. The van der Waals surface area contributed by atoms with Crippen molar-refractivity contribution in [2.45, 2.75) is 83.5 Å². The van der Waals surface area contributed by atoms with Gasteiger partial charge >= 0.3 is 0 Å². The number of rotatable bonds is 5. The van der Waals surface area contributed by atoms with E-state index in [4.69, 9.17) is 0 Å². The average Bonchev–Trinajstić information content (AvgIpc) is 2.95. The molecule has 0 aromatic rings. The highest BCUT2D eigenvalue weighted by Crippen LogP contribution is 2.32. The Balaban J connectivity index is 1.94. The van der Waals surface area contributed by atoms with E-state index in [9.17, 15) is 10.2 Å². The molecule has 2 unspecified atom stereocenters. The van der Waals surface area contributed by atoms with E-state index in [0.717, 1.165) is 24.3 Å². The average molecular weight is 293 g/mol. The Morgan fingerprint density at radius 2 is 1.90 bits per heavy atom. The number of hydrogen-bond donors (Lipinski definition) is 1. The van der Waals surface area contributed by atoms with Gasteiger partial charge in [-0.1, -0.05) is 19.3 Å². The summed E-state index contributed by atoms with van der Waals surface area (Å²) in [6.07, 6.45) is 7.85. The van der Waals surface area contributed by atoms with Gasteiger partial charge in [0.25, 0.3) is 6.17 Å². The van der Waals surface area contributed by atoms with Crippen LogP contribution in [0.15, 0.2) is 0 Å². The van der Waals surface area contributed by atoms with Crippen LogP contribution in [0, 0.1) is 22.2 Å². The Kier molecular flexibility index (Phi) is 5.21. The molecule has 2 atom stereocenters. The molecule has 1 aliphatic heterocycles. The summed E-state index contributed by atoms with van der Waals surface area (Å²) in [5.74, 6) is 0.556. The maximum absolute atomic E-state index is 12.5. The van der Waals surface area contributed by atoms with Crippen LogP contribution in [0.3, 0.4) is 0 Å². The number of nitroso groups, excluding NO2 is 1. The van der Waals surface area contributed by atoms with Crippen molar-refractivity contribution in [3.8, 4) is 6.07 Å². The molecular formula is C16H29N4O+. The quantitative estimate of drug-likeness (QED) is 0.625. The summed E-state index contributed by atoms with van der Waals surface area (Å²) in [7, 11) is 0. The van der Waals surface area contributed by atoms with Crippen molar-refractivity contribution in [2.75, 3.05) is 6.54 Å². The molecule has 2 rings (SSSR count). The summed E-state index contributed by atoms with van der Waals surface area (Å²) in [4.78, 5) is 15.5. The zero-order valence-electron chi connectivity index (χ0n) is 13.6. The van der Waals surface area contributed by atoms with Crippen LogP contribution in [0.5, 0.6) is 0 Å². The van der Waals surface area contributed by atoms with E-state index in [1.165, 1.54) is 32.1 Å². The van der Waals surface area contributed by atoms with Crippen LogP contribution in [0.2, 0.25) is 0 Å². The molecule has 21 heavy (non-hydrogen) atoms. The van der Waals surface area contributed by atoms with E-state index >= 15 is 0 Å². The molecule has 5 nitrogen and oxygen atoms in total. The number of hydrazine groups is 1. The van der Waals surface area contributed by atoms with Crippen molar-refractivity contribution in [3.05, 3.63) is 4.91 Å². The van der Waals surface area contributed by atoms with Crippen LogP contribution in [-0.4, -0.2) is 34.1 Å². The lowest BCUT2D eigenvalue weighted by Gasteiger charge is -2.35. The maximum Gasteiger partial charge on any atom is 0.288 e. The number of nitrogens with zero attached hydrogens (tertiary/aromatic N) is 3. The Hall–Kier alpha value is -1.15. The summed E-state index contributed by atoms with van der Waals surface area (Å²) in [5.41, 5.74) is 2.99. The van der Waals surface area contributed by atoms with Crippen LogP contribution >= 0.6 is 0 Å². The SMILES string of the molecule is CC(N1CCCC1C#N)[N+](=O)NC(C)(C)C1CCCCC1. The fourth-order valence-corrected chi connectivity index (χ4v) is 3.80. The van der Waals surface area contributed by atoms with Crippen molar-refractivity contribution in [1.82, 2.24) is 10.3 Å². The summed E-state index contributed by atoms with van der Waals surface area (Å²) in [6, 6.07) is 2.19. The molecule has 0 aromatic carbocycles. The number of likely N-dealkylation sites (tertiary alicyclic amines) is 1. The molecule has 1 saturated heterocycles. The van der Waals surface area contributed by atoms with Crippen molar-refractivity contribution < 1.29 is 4.87 Å². The third kappa shape index (κ3) is 3.74. The van der Waals surface area contributed by atoms with Gasteiger partial charge in [0.2, 0.25) is 0 Å². The van der Waals surface area contributed by atoms with Gasteiger partial charge < -0.3 is 0 Å². The van der Waals surface area contributed by atoms with Crippen LogP contribution in [-0.2, 0) is 0 Å². The minimum absolute atomic E-state index is 0.115. The van der Waals surface area contributed by atoms with Crippen LogP contribution in [0.1, 0.15) is 65.7 Å². The highest BCUT2D eigenvalue weighted by atomic mass is 16.3. The van der Waals surface area contributed by atoms with Crippen LogP contribution in [0.4, 0.5) is 0 Å². The van der Waals surface area contributed by atoms with Gasteiger partial charge in [-0.05, 0) is 45.4 Å². The molecule has 1 N–H and O–H groups in total. The van der Waals surface area contributed by atoms with Crippen LogP contribution < -0.4 is 5.43 Å². The van der Waals surface area contributed by atoms with E-state index in [1.807, 2.05) is 11.8 Å². The minimum atomic E-state index is -0.292. The molecule has 5 heteroatoms. The monoisotopic (exact) mass is 293 g/mol. The predicted molar refractivity (Wildman–Crippen MR) is 82.2 cm³/mol. The first-order valence-corrected chi connectivity index (χ1v) is 8.35. The van der Waals surface area contributed by atoms with E-state index < -0.39 is 0 Å². The first-order chi connectivity index (χ1) is 9.95. The van der Waals surface area contributed by atoms with Crippen molar-refractivity contribution in [3.63, 3.8) is 0 Å². The molecule has 1 heterocycles. The predicted octanol–water partition coefficient (Wildman–Crippen LogP) is 2.96. The van der Waals surface area contributed by atoms with Gasteiger partial charge in [0.1, 0.15) is 10.9 Å². The van der Waals surface area contributed by atoms with Gasteiger partial charge in [-0.3, -0.25) is 0 Å². The molecule has 0 aromatic heterocycles. The Morgan fingerprint density at radius 1 is 1.24 bits per heavy atom. The van der Waals surface area contributed by atoms with Crippen molar-refractivity contribution in [1.29, 1.82) is 5.26 Å². The first-order valence-electron chi connectivity index (χ1n) is 8.35. The summed E-state index contributed by atoms with van der Waals surface area (Å²) in [6.45, 7) is 7.00. The van der Waals surface area contributed by atoms with Gasteiger partial charge in [-0.2, -0.15) is 5.26 Å². The Morgan fingerprint density at radius 3 is 2.52 bits per heavy atom. The standard InChI is InChI=1S/C16H29N4O/c1-13(19-11-7-10-15(19)12-17)20(21)18-16(2,3)14-8-5-4-6-9-14/h13-15H,4-11H2,1-3H3,(H,18,21)/q+1. The molecule has 0 spiro atoms. The fraction of sp³-hybridized carbons (Fsp3) is 0.938. The lowest BCUT2D eigenvalue weighted by Crippen LogP contribution is -2.56. The molecular weight excluding hydrogens is 264 g/mol. The Labute approximate surface area is 128 Å². The highest BCUT2D eigenvalue weighted by molar-refractivity contribution is 4.96. The third-order valence-corrected chi connectivity index (χ3v) is 5.29. The molecule has 0 amide bonds. The van der Waals surface area contributed by atoms with E-state index in [2.05, 4.69) is 25.3 Å². The van der Waals surface area contributed by atoms with Crippen molar-refractivity contribution in [2.24, 2.45) is 5.92 Å². The molecule has 0 bridgehead atoms. The molecule has 2 aliphatic rings. The second-order valence-corrected chi connectivity index (χ2v) is 7.15. The van der Waals surface area contributed by atoms with E-state index in [1.54, 1.807) is 0 Å². The lowest BCUT2D eigenvalue weighted by atomic mass is 9.77. The zero-order chi connectivity index (χ0) is 15.5. The topological polar surface area (TPSA) is 59.1 Å². The second-order valence-electron chi connectivity index (χ2n) is 7.15. The number of hydrogen-bond acceptors (Lipinski definition) is 3. The maximum atomic E-state index is 12.5. The lowest BCUT2D eigenvalue weighted by molar-refractivity contribution is -0.669. The zero-order valence-corrected chi connectivity index (χ0v) is 13.6. The van der Waals surface area contributed by atoms with Gasteiger partial charge in [0, 0.05) is 13.5 Å². The number of nitriles is 1. The smallest absolute Gasteiger partial charge is 0.223 e. The second kappa shape index (κ2) is 6.74. The van der Waals surface area contributed by atoms with E-state index in [0.29, 0.717) is 5.92 Å². The normalized spacial score (nSPS) is 26.3. The molecule has 118 valence electrons. The van der Waals surface area contributed by atoms with Gasteiger partial charge in [0.05, 0.1) is 16.5 Å². The van der Waals surface area contributed by atoms with Gasteiger partial charge in [0.15, 0.2) is 0 Å². The Bertz CT molecular complexity index is 409. The van der Waals surface area contributed by atoms with Crippen molar-refractivity contribution >= 4 is 0 Å². The van der Waals surface area contributed by atoms with Crippen LogP contribution in [0.25, 0.3) is 0 Å². The largest absolute Gasteiger partial charge is 0.288 e. The van der Waals surface area contributed by atoms with E-state index in [-0.39, 0.29) is 17.7 Å². The number of nitrogens with one attached hydrogen (secondary N) is 1. The molecule has 0 radical (unpaired) electrons. The summed E-state index contributed by atoms with van der Waals surface area (Å²) in [5, 5.41) is 9.17. The molecule has 1 aliphatic carbocycles. The molecule has 1 saturated carbocycles. The van der Waals surface area contributed by atoms with Gasteiger partial charge in [-0.25, -0.2) is 4.90 Å². The molecule has 2 fully saturated rings. The summed E-state index contributed by atoms with van der Waals surface area (Å²) < 4.78 is 0. The van der Waals surface area contributed by atoms with Gasteiger partial charge in [-0.15, -0.1) is 5.43 Å². The highest BCUT2D eigenvalue weighted by Gasteiger charge is 2.41. The third-order valence-electron chi connectivity index (χ3n) is 5.29. The fourth-order valence-electron chi connectivity index (χ4n) is 3.80.